The Morgan fingerprint density at radius 1 is 1.15 bits per heavy atom. The van der Waals surface area contributed by atoms with Gasteiger partial charge in [-0.3, -0.25) is 9.59 Å². The molecular weight excluding hydrogens is 520 g/mol. The average Bonchev–Trinajstić information content (AvgIpc) is 3.52. The van der Waals surface area contributed by atoms with Crippen molar-refractivity contribution >= 4 is 23.1 Å². The lowest BCUT2D eigenvalue weighted by Gasteiger charge is -2.29. The molecule has 0 spiro atoms. The minimum absolute atomic E-state index is 0.0517. The third-order valence-corrected chi connectivity index (χ3v) is 6.76. The summed E-state index contributed by atoms with van der Waals surface area (Å²) < 4.78 is 61.2. The molecule has 5 heterocycles. The first kappa shape index (κ1) is 24.9. The van der Waals surface area contributed by atoms with Gasteiger partial charge in [0, 0.05) is 29.5 Å². The summed E-state index contributed by atoms with van der Waals surface area (Å²) in [4.78, 5) is 34.9. The third-order valence-electron chi connectivity index (χ3n) is 6.76. The zero-order valence-corrected chi connectivity index (χ0v) is 20.1. The van der Waals surface area contributed by atoms with Crippen molar-refractivity contribution < 1.29 is 31.9 Å². The highest BCUT2D eigenvalue weighted by molar-refractivity contribution is 6.07. The van der Waals surface area contributed by atoms with Crippen LogP contribution in [0, 0.1) is 5.82 Å². The number of benzene rings is 1. The fourth-order valence-electron chi connectivity index (χ4n) is 4.93. The van der Waals surface area contributed by atoms with Gasteiger partial charge in [-0.15, -0.1) is 0 Å². The van der Waals surface area contributed by atoms with E-state index < -0.39 is 41.0 Å². The number of anilines is 1. The number of alkyl halides is 3. The highest BCUT2D eigenvalue weighted by atomic mass is 19.4. The van der Waals surface area contributed by atoms with E-state index in [0.29, 0.717) is 47.6 Å². The van der Waals surface area contributed by atoms with E-state index in [1.807, 2.05) is 0 Å². The normalized spacial score (nSPS) is 19.1. The number of hydrogen-bond donors (Lipinski definition) is 2. The summed E-state index contributed by atoms with van der Waals surface area (Å²) in [6, 6.07) is 5.90. The maximum absolute atomic E-state index is 14.0. The molecule has 2 amide bonds. The van der Waals surface area contributed by atoms with Crippen LogP contribution in [-0.2, 0) is 10.9 Å². The van der Waals surface area contributed by atoms with E-state index >= 15 is 0 Å². The quantitative estimate of drug-likeness (QED) is 0.368. The van der Waals surface area contributed by atoms with Crippen LogP contribution in [-0.4, -0.2) is 44.1 Å². The van der Waals surface area contributed by atoms with Crippen LogP contribution in [0.15, 0.2) is 48.9 Å². The van der Waals surface area contributed by atoms with Gasteiger partial charge in [0.1, 0.15) is 17.8 Å². The van der Waals surface area contributed by atoms with Gasteiger partial charge < -0.3 is 15.4 Å². The molecule has 9 nitrogen and oxygen atoms in total. The lowest BCUT2D eigenvalue weighted by atomic mass is 9.95. The zero-order valence-electron chi connectivity index (χ0n) is 20.1. The van der Waals surface area contributed by atoms with Crippen LogP contribution in [0.5, 0.6) is 0 Å². The molecule has 2 aliphatic heterocycles. The summed E-state index contributed by atoms with van der Waals surface area (Å²) in [6.45, 7) is 0.501. The Bertz CT molecular complexity index is 1610. The molecule has 0 radical (unpaired) electrons. The molecular formula is C26H20F4N6O3. The third kappa shape index (κ3) is 4.69. The fourth-order valence-corrected chi connectivity index (χ4v) is 4.93. The van der Waals surface area contributed by atoms with Crippen LogP contribution in [0.1, 0.15) is 57.3 Å². The zero-order chi connectivity index (χ0) is 27.3. The molecule has 3 aromatic heterocycles. The number of carbonyl (C=O) groups is 2. The van der Waals surface area contributed by atoms with Crippen LogP contribution >= 0.6 is 0 Å². The van der Waals surface area contributed by atoms with Gasteiger partial charge in [0.2, 0.25) is 0 Å². The Morgan fingerprint density at radius 2 is 2.00 bits per heavy atom. The Kier molecular flexibility index (Phi) is 6.02. The van der Waals surface area contributed by atoms with Gasteiger partial charge >= 0.3 is 6.18 Å². The molecule has 1 saturated heterocycles. The molecule has 2 atom stereocenters. The van der Waals surface area contributed by atoms with Gasteiger partial charge in [-0.25, -0.2) is 18.9 Å². The summed E-state index contributed by atoms with van der Waals surface area (Å²) >= 11 is 0. The molecule has 2 N–H and O–H groups in total. The Balaban J connectivity index is 1.45. The molecule has 0 saturated carbocycles. The largest absolute Gasteiger partial charge is 0.416 e. The molecule has 39 heavy (non-hydrogen) atoms. The van der Waals surface area contributed by atoms with Gasteiger partial charge in [-0.2, -0.15) is 18.3 Å². The summed E-state index contributed by atoms with van der Waals surface area (Å²) in [5, 5.41) is 9.57. The second kappa shape index (κ2) is 9.42. The second-order valence-corrected chi connectivity index (χ2v) is 9.33. The van der Waals surface area contributed by atoms with Crippen molar-refractivity contribution in [2.75, 3.05) is 11.9 Å². The number of pyridine rings is 2. The van der Waals surface area contributed by atoms with E-state index in [0.717, 1.165) is 18.9 Å². The van der Waals surface area contributed by atoms with Crippen LogP contribution < -0.4 is 10.6 Å². The number of hydrogen-bond acceptors (Lipinski definition) is 6. The number of fused-ring (bicyclic) bond motifs is 2. The number of nitrogens with zero attached hydrogens (tertiary/aromatic N) is 4. The van der Waals surface area contributed by atoms with Crippen LogP contribution in [0.2, 0.25) is 0 Å². The lowest BCUT2D eigenvalue weighted by Crippen LogP contribution is -2.34. The van der Waals surface area contributed by atoms with Crippen molar-refractivity contribution in [2.24, 2.45) is 0 Å². The summed E-state index contributed by atoms with van der Waals surface area (Å²) in [5.41, 5.74) is 0.162. The fraction of sp³-hybridized carbons (Fsp3) is 0.269. The van der Waals surface area contributed by atoms with Gasteiger partial charge in [0.15, 0.2) is 5.65 Å². The predicted molar refractivity (Wildman–Crippen MR) is 129 cm³/mol. The first-order valence-corrected chi connectivity index (χ1v) is 12.1. The standard InChI is InChI=1S/C26H20F4N6O3/c27-16-8-14(7-15(9-16)26(28,29)30)24(37)34-18-10-17(13-4-5-20-31-12-32-36(20)11-13)33-23-21(18)22(35-25(23)38)19-3-1-2-6-39-19/h4-5,7-12,19,22H,1-3,6H2,(H,35,38)(H,33,34,37). The van der Waals surface area contributed by atoms with Gasteiger partial charge in [0.25, 0.3) is 11.8 Å². The Labute approximate surface area is 218 Å². The van der Waals surface area contributed by atoms with Crippen molar-refractivity contribution in [1.29, 1.82) is 0 Å². The van der Waals surface area contributed by atoms with Crippen molar-refractivity contribution in [3.8, 4) is 11.3 Å². The van der Waals surface area contributed by atoms with Crippen molar-refractivity contribution in [3.63, 3.8) is 0 Å². The topological polar surface area (TPSA) is 111 Å². The monoisotopic (exact) mass is 540 g/mol. The molecule has 13 heteroatoms. The van der Waals surface area contributed by atoms with Gasteiger partial charge in [0.05, 0.1) is 29.1 Å². The van der Waals surface area contributed by atoms with Crippen LogP contribution in [0.4, 0.5) is 23.2 Å². The smallest absolute Gasteiger partial charge is 0.376 e. The van der Waals surface area contributed by atoms with E-state index in [4.69, 9.17) is 4.74 Å². The van der Waals surface area contributed by atoms with Gasteiger partial charge in [-0.05, 0) is 55.7 Å². The number of rotatable bonds is 4. The molecule has 1 fully saturated rings. The Morgan fingerprint density at radius 3 is 2.77 bits per heavy atom. The first-order valence-electron chi connectivity index (χ1n) is 12.1. The molecule has 0 aliphatic carbocycles. The number of ether oxygens (including phenoxy) is 1. The van der Waals surface area contributed by atoms with Crippen LogP contribution in [0.3, 0.4) is 0 Å². The molecule has 6 rings (SSSR count). The molecule has 4 aromatic rings. The summed E-state index contributed by atoms with van der Waals surface area (Å²) in [7, 11) is 0. The number of aromatic nitrogens is 4. The molecule has 0 bridgehead atoms. The number of nitrogens with one attached hydrogen (secondary N) is 2. The molecule has 1 aromatic carbocycles. The average molecular weight is 540 g/mol. The SMILES string of the molecule is O=C(Nc1cc(-c2ccc3ncnn3c2)nc2c1C(C1CCCCO1)NC2=O)c1cc(F)cc(C(F)(F)F)c1. The summed E-state index contributed by atoms with van der Waals surface area (Å²) in [5.74, 6) is -2.66. The van der Waals surface area contributed by atoms with Crippen molar-refractivity contribution in [2.45, 2.75) is 37.6 Å². The summed E-state index contributed by atoms with van der Waals surface area (Å²) in [6.07, 6.45) is 0.183. The number of halogens is 4. The van der Waals surface area contributed by atoms with E-state index in [-0.39, 0.29) is 17.5 Å². The van der Waals surface area contributed by atoms with E-state index in [1.165, 1.54) is 16.9 Å². The predicted octanol–water partition coefficient (Wildman–Crippen LogP) is 4.56. The maximum Gasteiger partial charge on any atom is 0.416 e. The molecule has 2 unspecified atom stereocenters. The van der Waals surface area contributed by atoms with E-state index in [1.54, 1.807) is 18.3 Å². The highest BCUT2D eigenvalue weighted by Crippen LogP contribution is 2.39. The molecule has 2 aliphatic rings. The van der Waals surface area contributed by atoms with E-state index in [9.17, 15) is 27.2 Å². The van der Waals surface area contributed by atoms with Gasteiger partial charge in [-0.1, -0.05) is 0 Å². The number of amides is 2. The minimum atomic E-state index is -4.85. The second-order valence-electron chi connectivity index (χ2n) is 9.33. The first-order chi connectivity index (χ1) is 18.7. The van der Waals surface area contributed by atoms with Crippen molar-refractivity contribution in [1.82, 2.24) is 24.9 Å². The Hall–Kier alpha value is -4.39. The maximum atomic E-state index is 14.0. The lowest BCUT2D eigenvalue weighted by molar-refractivity contribution is -0.137. The van der Waals surface area contributed by atoms with Crippen LogP contribution in [0.25, 0.3) is 16.9 Å². The number of carbonyl (C=O) groups excluding carboxylic acids is 2. The highest BCUT2D eigenvalue weighted by Gasteiger charge is 2.40. The van der Waals surface area contributed by atoms with Crippen molar-refractivity contribution in [3.05, 3.63) is 77.1 Å². The molecule has 200 valence electrons. The van der Waals surface area contributed by atoms with E-state index in [2.05, 4.69) is 25.7 Å². The minimum Gasteiger partial charge on any atom is -0.376 e.